The minimum absolute atomic E-state index is 0.868. The van der Waals surface area contributed by atoms with Crippen molar-refractivity contribution in [2.45, 2.75) is 13.3 Å². The van der Waals surface area contributed by atoms with E-state index >= 15 is 0 Å². The van der Waals surface area contributed by atoms with E-state index in [-0.39, 0.29) is 0 Å². The fourth-order valence-electron chi connectivity index (χ4n) is 1.93. The van der Waals surface area contributed by atoms with Crippen LogP contribution in [0, 0.1) is 0 Å². The maximum Gasteiger partial charge on any atom is 0.132 e. The second-order valence-electron chi connectivity index (χ2n) is 3.88. The van der Waals surface area contributed by atoms with Gasteiger partial charge in [-0.05, 0) is 46.1 Å². The topological polar surface area (TPSA) is 27.1 Å². The first kappa shape index (κ1) is 12.2. The summed E-state index contributed by atoms with van der Waals surface area (Å²) in [5.41, 5.74) is 3.44. The highest BCUT2D eigenvalue weighted by Crippen LogP contribution is 2.30. The van der Waals surface area contributed by atoms with Crippen LogP contribution >= 0.6 is 15.9 Å². The van der Waals surface area contributed by atoms with Gasteiger partial charge in [0.1, 0.15) is 10.4 Å². The zero-order valence-electron chi connectivity index (χ0n) is 10.2. The van der Waals surface area contributed by atoms with E-state index in [4.69, 9.17) is 4.74 Å². The van der Waals surface area contributed by atoms with Gasteiger partial charge >= 0.3 is 0 Å². The van der Waals surface area contributed by atoms with Crippen LogP contribution in [-0.2, 0) is 13.5 Å². The zero-order valence-corrected chi connectivity index (χ0v) is 11.8. The fraction of sp³-hybridized carbons (Fsp3) is 0.308. The van der Waals surface area contributed by atoms with Gasteiger partial charge in [-0.1, -0.05) is 6.92 Å². The highest BCUT2D eigenvalue weighted by Gasteiger charge is 2.11. The summed E-state index contributed by atoms with van der Waals surface area (Å²) in [6, 6.07) is 6.22. The number of benzene rings is 1. The SMILES string of the molecule is CCc1cc(-c2c(Br)ncn2C)ccc1OC. The molecule has 2 rings (SSSR count). The molecule has 0 spiro atoms. The second kappa shape index (κ2) is 4.92. The molecule has 0 amide bonds. The summed E-state index contributed by atoms with van der Waals surface area (Å²) in [4.78, 5) is 4.24. The van der Waals surface area contributed by atoms with Crippen LogP contribution in [0.5, 0.6) is 5.75 Å². The molecule has 0 aliphatic rings. The lowest BCUT2D eigenvalue weighted by Crippen LogP contribution is -1.94. The van der Waals surface area contributed by atoms with Crippen molar-refractivity contribution in [3.8, 4) is 17.0 Å². The van der Waals surface area contributed by atoms with Crippen molar-refractivity contribution in [1.29, 1.82) is 0 Å². The van der Waals surface area contributed by atoms with Crippen LogP contribution in [0.15, 0.2) is 29.1 Å². The summed E-state index contributed by atoms with van der Waals surface area (Å²) in [5, 5.41) is 0. The summed E-state index contributed by atoms with van der Waals surface area (Å²) in [6.07, 6.45) is 2.75. The molecule has 0 bridgehead atoms. The molecule has 1 aromatic carbocycles. The first-order valence-corrected chi connectivity index (χ1v) is 6.30. The van der Waals surface area contributed by atoms with Crippen LogP contribution in [0.1, 0.15) is 12.5 Å². The van der Waals surface area contributed by atoms with Crippen molar-refractivity contribution in [1.82, 2.24) is 9.55 Å². The average Bonchev–Trinajstić information content (AvgIpc) is 2.68. The molecule has 3 nitrogen and oxygen atoms in total. The molecule has 1 heterocycles. The van der Waals surface area contributed by atoms with E-state index in [1.165, 1.54) is 5.56 Å². The number of hydrogen-bond acceptors (Lipinski definition) is 2. The third kappa shape index (κ3) is 2.22. The van der Waals surface area contributed by atoms with E-state index in [0.717, 1.165) is 28.0 Å². The number of ether oxygens (including phenoxy) is 1. The maximum atomic E-state index is 5.33. The summed E-state index contributed by atoms with van der Waals surface area (Å²) in [5.74, 6) is 0.939. The van der Waals surface area contributed by atoms with Gasteiger partial charge in [-0.2, -0.15) is 0 Å². The number of methoxy groups -OCH3 is 1. The predicted molar refractivity (Wildman–Crippen MR) is 72.3 cm³/mol. The molecule has 0 atom stereocenters. The lowest BCUT2D eigenvalue weighted by Gasteiger charge is -2.10. The van der Waals surface area contributed by atoms with E-state index in [2.05, 4.69) is 40.0 Å². The van der Waals surface area contributed by atoms with Crippen molar-refractivity contribution in [2.24, 2.45) is 7.05 Å². The van der Waals surface area contributed by atoms with Crippen LogP contribution in [0.4, 0.5) is 0 Å². The average molecular weight is 295 g/mol. The molecule has 1 aromatic heterocycles. The molecule has 0 radical (unpaired) electrons. The van der Waals surface area contributed by atoms with Gasteiger partial charge < -0.3 is 9.30 Å². The van der Waals surface area contributed by atoms with Crippen LogP contribution in [0.25, 0.3) is 11.3 Å². The normalized spacial score (nSPS) is 10.6. The van der Waals surface area contributed by atoms with Gasteiger partial charge in [0.05, 0.1) is 19.1 Å². The molecule has 4 heteroatoms. The molecule has 17 heavy (non-hydrogen) atoms. The Morgan fingerprint density at radius 1 is 1.41 bits per heavy atom. The fourth-order valence-corrected chi connectivity index (χ4v) is 2.53. The molecule has 90 valence electrons. The number of aryl methyl sites for hydroxylation is 2. The largest absolute Gasteiger partial charge is 0.496 e. The number of imidazole rings is 1. The van der Waals surface area contributed by atoms with Crippen LogP contribution in [-0.4, -0.2) is 16.7 Å². The van der Waals surface area contributed by atoms with Gasteiger partial charge in [-0.3, -0.25) is 0 Å². The molecular weight excluding hydrogens is 280 g/mol. The first-order chi connectivity index (χ1) is 8.17. The number of nitrogens with zero attached hydrogens (tertiary/aromatic N) is 2. The van der Waals surface area contributed by atoms with Crippen molar-refractivity contribution in [2.75, 3.05) is 7.11 Å². The van der Waals surface area contributed by atoms with Gasteiger partial charge in [0, 0.05) is 12.6 Å². The van der Waals surface area contributed by atoms with Crippen molar-refractivity contribution >= 4 is 15.9 Å². The Morgan fingerprint density at radius 3 is 2.71 bits per heavy atom. The second-order valence-corrected chi connectivity index (χ2v) is 4.63. The smallest absolute Gasteiger partial charge is 0.132 e. The van der Waals surface area contributed by atoms with Crippen LogP contribution < -0.4 is 4.74 Å². The third-order valence-corrected chi connectivity index (χ3v) is 3.41. The number of rotatable bonds is 3. The number of halogens is 1. The molecular formula is C13H15BrN2O. The van der Waals surface area contributed by atoms with Crippen molar-refractivity contribution in [3.05, 3.63) is 34.7 Å². The standard InChI is InChI=1S/C13H15BrN2O/c1-4-9-7-10(5-6-11(9)17-3)12-13(14)15-8-16(12)2/h5-8H,4H2,1-3H3. The van der Waals surface area contributed by atoms with Gasteiger partial charge in [0.2, 0.25) is 0 Å². The van der Waals surface area contributed by atoms with E-state index in [9.17, 15) is 0 Å². The maximum absolute atomic E-state index is 5.33. The van der Waals surface area contributed by atoms with Crippen LogP contribution in [0.3, 0.4) is 0 Å². The quantitative estimate of drug-likeness (QED) is 0.867. The molecule has 0 saturated heterocycles. The monoisotopic (exact) mass is 294 g/mol. The molecule has 2 aromatic rings. The van der Waals surface area contributed by atoms with E-state index in [0.29, 0.717) is 0 Å². The Hall–Kier alpha value is -1.29. The summed E-state index contributed by atoms with van der Waals surface area (Å²) < 4.78 is 8.21. The molecule has 0 aliphatic heterocycles. The summed E-state index contributed by atoms with van der Waals surface area (Å²) in [6.45, 7) is 2.12. The Labute approximate surface area is 110 Å². The first-order valence-electron chi connectivity index (χ1n) is 5.51. The Morgan fingerprint density at radius 2 is 2.18 bits per heavy atom. The lowest BCUT2D eigenvalue weighted by atomic mass is 10.1. The number of hydrogen-bond donors (Lipinski definition) is 0. The predicted octanol–water partition coefficient (Wildman–Crippen LogP) is 3.42. The zero-order chi connectivity index (χ0) is 12.4. The molecule has 0 N–H and O–H groups in total. The summed E-state index contributed by atoms with van der Waals surface area (Å²) in [7, 11) is 3.69. The van der Waals surface area contributed by atoms with Crippen molar-refractivity contribution < 1.29 is 4.74 Å². The van der Waals surface area contributed by atoms with Gasteiger partial charge in [-0.25, -0.2) is 4.98 Å². The molecule has 0 saturated carbocycles. The Bertz CT molecular complexity index is 515. The molecule has 0 unspecified atom stereocenters. The van der Waals surface area contributed by atoms with Gasteiger partial charge in [0.15, 0.2) is 0 Å². The van der Waals surface area contributed by atoms with E-state index in [1.54, 1.807) is 13.4 Å². The number of aromatic nitrogens is 2. The highest BCUT2D eigenvalue weighted by atomic mass is 79.9. The lowest BCUT2D eigenvalue weighted by molar-refractivity contribution is 0.410. The third-order valence-electron chi connectivity index (χ3n) is 2.83. The molecule has 0 fully saturated rings. The van der Waals surface area contributed by atoms with Crippen LogP contribution in [0.2, 0.25) is 0 Å². The van der Waals surface area contributed by atoms with E-state index in [1.807, 2.05) is 17.7 Å². The highest BCUT2D eigenvalue weighted by molar-refractivity contribution is 9.10. The Balaban J connectivity index is 2.54. The minimum atomic E-state index is 0.868. The van der Waals surface area contributed by atoms with E-state index < -0.39 is 0 Å². The Kier molecular flexibility index (Phi) is 3.52. The van der Waals surface area contributed by atoms with Gasteiger partial charge in [0.25, 0.3) is 0 Å². The summed E-state index contributed by atoms with van der Waals surface area (Å²) >= 11 is 3.47. The minimum Gasteiger partial charge on any atom is -0.496 e. The molecule has 0 aliphatic carbocycles. The van der Waals surface area contributed by atoms with Gasteiger partial charge in [-0.15, -0.1) is 0 Å². The van der Waals surface area contributed by atoms with Crippen molar-refractivity contribution in [3.63, 3.8) is 0 Å².